The molecule has 0 saturated carbocycles. The van der Waals surface area contributed by atoms with Gasteiger partial charge in [0.05, 0.1) is 5.69 Å². The Morgan fingerprint density at radius 3 is 2.42 bits per heavy atom. The molecule has 0 aliphatic carbocycles. The maximum Gasteiger partial charge on any atom is 0.278 e. The van der Waals surface area contributed by atoms with Crippen molar-refractivity contribution in [1.82, 2.24) is 15.0 Å². The number of nitrogens with one attached hydrogen (secondary N) is 1. The number of aromatic hydroxyl groups is 2. The molecule has 3 N–H and O–H groups in total. The zero-order valence-electron chi connectivity index (χ0n) is 16.3. The van der Waals surface area contributed by atoms with E-state index in [1.807, 2.05) is 30.3 Å². The van der Waals surface area contributed by atoms with Crippen LogP contribution < -0.4 is 10.1 Å². The highest BCUT2D eigenvalue weighted by Crippen LogP contribution is 2.30. The molecule has 0 bridgehead atoms. The summed E-state index contributed by atoms with van der Waals surface area (Å²) < 4.78 is 5.84. The van der Waals surface area contributed by atoms with Gasteiger partial charge in [-0.15, -0.1) is 0 Å². The lowest BCUT2D eigenvalue weighted by Crippen LogP contribution is -2.16. The molecule has 0 radical (unpaired) electrons. The van der Waals surface area contributed by atoms with Gasteiger partial charge in [0.15, 0.2) is 11.5 Å². The quantitative estimate of drug-likeness (QED) is 0.439. The molecule has 8 nitrogen and oxygen atoms in total. The summed E-state index contributed by atoms with van der Waals surface area (Å²) in [7, 11) is 0. The van der Waals surface area contributed by atoms with Crippen molar-refractivity contribution in [3.8, 4) is 28.9 Å². The Labute approximate surface area is 177 Å². The van der Waals surface area contributed by atoms with E-state index in [0.717, 1.165) is 5.56 Å². The van der Waals surface area contributed by atoms with Crippen LogP contribution in [0.1, 0.15) is 16.1 Å². The average Bonchev–Trinajstić information content (AvgIpc) is 2.81. The first-order valence-corrected chi connectivity index (χ1v) is 9.40. The predicted molar refractivity (Wildman–Crippen MR) is 114 cm³/mol. The summed E-state index contributed by atoms with van der Waals surface area (Å²) in [6.07, 6.45) is 1.53. The van der Waals surface area contributed by atoms with E-state index in [-0.39, 0.29) is 11.5 Å². The molecule has 2 aromatic heterocycles. The normalized spacial score (nSPS) is 10.5. The van der Waals surface area contributed by atoms with Gasteiger partial charge in [0.25, 0.3) is 11.8 Å². The van der Waals surface area contributed by atoms with Crippen molar-refractivity contribution in [3.05, 3.63) is 90.3 Å². The van der Waals surface area contributed by atoms with Gasteiger partial charge in [-0.05, 0) is 29.8 Å². The standard InChI is InChI=1S/C23H18N4O4/c28-20-19(26-21(27-23(20)30)17-11-6-7-13-24-17)22(29)25-16-10-4-5-12-18(16)31-14-15-8-2-1-3-9-15/h1-13,28H,14H2,(H,25,29)(H,26,27,30). The van der Waals surface area contributed by atoms with Crippen LogP contribution in [0.3, 0.4) is 0 Å². The van der Waals surface area contributed by atoms with Crippen LogP contribution in [0.15, 0.2) is 79.0 Å². The van der Waals surface area contributed by atoms with Gasteiger partial charge in [-0.25, -0.2) is 4.98 Å². The monoisotopic (exact) mass is 414 g/mol. The number of anilines is 1. The number of carbonyl (C=O) groups excluding carboxylic acids is 1. The van der Waals surface area contributed by atoms with E-state index >= 15 is 0 Å². The van der Waals surface area contributed by atoms with Crippen molar-refractivity contribution in [2.45, 2.75) is 6.61 Å². The SMILES string of the molecule is O=C(Nc1ccccc1OCc1ccccc1)c1nc(-c2ccccn2)nc(O)c1O. The summed E-state index contributed by atoms with van der Waals surface area (Å²) in [5.41, 5.74) is 1.33. The molecule has 31 heavy (non-hydrogen) atoms. The molecule has 1 amide bonds. The van der Waals surface area contributed by atoms with E-state index in [0.29, 0.717) is 23.7 Å². The van der Waals surface area contributed by atoms with Gasteiger partial charge in [0, 0.05) is 6.20 Å². The number of para-hydroxylation sites is 2. The molecule has 0 unspecified atom stereocenters. The van der Waals surface area contributed by atoms with Gasteiger partial charge in [0.1, 0.15) is 18.1 Å². The summed E-state index contributed by atoms with van der Waals surface area (Å²) in [6, 6.07) is 21.6. The highest BCUT2D eigenvalue weighted by Gasteiger charge is 2.21. The number of hydrogen-bond donors (Lipinski definition) is 3. The molecule has 4 rings (SSSR count). The maximum atomic E-state index is 12.8. The van der Waals surface area contributed by atoms with Crippen LogP contribution in [0, 0.1) is 0 Å². The van der Waals surface area contributed by atoms with E-state index < -0.39 is 17.5 Å². The molecule has 0 atom stereocenters. The number of hydrogen-bond acceptors (Lipinski definition) is 7. The lowest BCUT2D eigenvalue weighted by Gasteiger charge is -2.13. The van der Waals surface area contributed by atoms with E-state index in [2.05, 4.69) is 20.3 Å². The zero-order chi connectivity index (χ0) is 21.6. The van der Waals surface area contributed by atoms with Gasteiger partial charge >= 0.3 is 0 Å². The van der Waals surface area contributed by atoms with Crippen molar-refractivity contribution in [1.29, 1.82) is 0 Å². The van der Waals surface area contributed by atoms with Crippen LogP contribution in [-0.4, -0.2) is 31.1 Å². The van der Waals surface area contributed by atoms with Gasteiger partial charge in [-0.1, -0.05) is 48.5 Å². The topological polar surface area (TPSA) is 117 Å². The fourth-order valence-electron chi connectivity index (χ4n) is 2.82. The second-order valence-corrected chi connectivity index (χ2v) is 6.51. The molecule has 2 heterocycles. The Kier molecular flexibility index (Phi) is 5.70. The minimum Gasteiger partial charge on any atom is -0.501 e. The highest BCUT2D eigenvalue weighted by atomic mass is 16.5. The first kappa shape index (κ1) is 19.8. The third-order valence-electron chi connectivity index (χ3n) is 4.35. The van der Waals surface area contributed by atoms with Crippen LogP contribution >= 0.6 is 0 Å². The molecule has 0 aliphatic rings. The van der Waals surface area contributed by atoms with Gasteiger partial charge in [0.2, 0.25) is 5.75 Å². The minimum atomic E-state index is -0.733. The van der Waals surface area contributed by atoms with Crippen molar-refractivity contribution in [3.63, 3.8) is 0 Å². The Morgan fingerprint density at radius 2 is 1.65 bits per heavy atom. The average molecular weight is 414 g/mol. The van der Waals surface area contributed by atoms with Crippen molar-refractivity contribution >= 4 is 11.6 Å². The molecular weight excluding hydrogens is 396 g/mol. The number of rotatable bonds is 6. The van der Waals surface area contributed by atoms with Gasteiger partial charge < -0.3 is 20.3 Å². The Balaban J connectivity index is 1.58. The summed E-state index contributed by atoms with van der Waals surface area (Å²) in [5, 5.41) is 22.8. The second-order valence-electron chi connectivity index (χ2n) is 6.51. The number of pyridine rings is 1. The number of nitrogens with zero attached hydrogens (tertiary/aromatic N) is 3. The lowest BCUT2D eigenvalue weighted by molar-refractivity contribution is 0.101. The maximum absolute atomic E-state index is 12.8. The van der Waals surface area contributed by atoms with Crippen LogP contribution in [0.25, 0.3) is 11.5 Å². The van der Waals surface area contributed by atoms with Gasteiger partial charge in [-0.3, -0.25) is 9.78 Å². The van der Waals surface area contributed by atoms with Crippen LogP contribution in [0.5, 0.6) is 17.4 Å². The molecule has 0 saturated heterocycles. The van der Waals surface area contributed by atoms with Crippen molar-refractivity contribution < 1.29 is 19.7 Å². The van der Waals surface area contributed by atoms with E-state index in [1.165, 1.54) is 6.20 Å². The van der Waals surface area contributed by atoms with Crippen LogP contribution in [-0.2, 0) is 6.61 Å². The number of amides is 1. The Hall–Kier alpha value is -4.46. The van der Waals surface area contributed by atoms with Crippen molar-refractivity contribution in [2.24, 2.45) is 0 Å². The van der Waals surface area contributed by atoms with E-state index in [9.17, 15) is 15.0 Å². The summed E-state index contributed by atoms with van der Waals surface area (Å²) in [4.78, 5) is 24.8. The van der Waals surface area contributed by atoms with Gasteiger partial charge in [-0.2, -0.15) is 4.98 Å². The molecule has 0 spiro atoms. The lowest BCUT2D eigenvalue weighted by atomic mass is 10.2. The Bertz CT molecular complexity index is 1200. The molecular formula is C23H18N4O4. The number of ether oxygens (including phenoxy) is 1. The molecule has 8 heteroatoms. The number of aromatic nitrogens is 3. The zero-order valence-corrected chi connectivity index (χ0v) is 16.3. The Morgan fingerprint density at radius 1 is 0.903 bits per heavy atom. The predicted octanol–water partition coefficient (Wildman–Crippen LogP) is 3.78. The first-order valence-electron chi connectivity index (χ1n) is 9.40. The molecule has 154 valence electrons. The smallest absolute Gasteiger partial charge is 0.278 e. The third-order valence-corrected chi connectivity index (χ3v) is 4.35. The first-order chi connectivity index (χ1) is 15.1. The number of benzene rings is 2. The molecule has 2 aromatic carbocycles. The largest absolute Gasteiger partial charge is 0.501 e. The minimum absolute atomic E-state index is 0.00895. The van der Waals surface area contributed by atoms with Crippen molar-refractivity contribution in [2.75, 3.05) is 5.32 Å². The molecule has 0 aliphatic heterocycles. The fourth-order valence-corrected chi connectivity index (χ4v) is 2.82. The summed E-state index contributed by atoms with van der Waals surface area (Å²) in [6.45, 7) is 0.317. The molecule has 0 fully saturated rings. The highest BCUT2D eigenvalue weighted by molar-refractivity contribution is 6.06. The fraction of sp³-hybridized carbons (Fsp3) is 0.0435. The third kappa shape index (κ3) is 4.59. The number of carbonyl (C=O) groups is 1. The van der Waals surface area contributed by atoms with Crippen LogP contribution in [0.2, 0.25) is 0 Å². The molecule has 4 aromatic rings. The summed E-state index contributed by atoms with van der Waals surface area (Å²) >= 11 is 0. The van der Waals surface area contributed by atoms with E-state index in [1.54, 1.807) is 42.5 Å². The van der Waals surface area contributed by atoms with E-state index in [4.69, 9.17) is 4.74 Å². The second kappa shape index (κ2) is 8.91. The van der Waals surface area contributed by atoms with Crippen LogP contribution in [0.4, 0.5) is 5.69 Å². The summed E-state index contributed by atoms with van der Waals surface area (Å²) in [5.74, 6) is -1.71.